The zero-order valence-corrected chi connectivity index (χ0v) is 18.5. The summed E-state index contributed by atoms with van der Waals surface area (Å²) in [5.74, 6) is -0.136. The monoisotopic (exact) mass is 459 g/mol. The Kier molecular flexibility index (Phi) is 5.81. The maximum absolute atomic E-state index is 12.4. The van der Waals surface area contributed by atoms with Gasteiger partial charge in [-0.2, -0.15) is 5.10 Å². The molecule has 3 aromatic carbocycles. The quantitative estimate of drug-likeness (QED) is 0.301. The average molecular weight is 460 g/mol. The van der Waals surface area contributed by atoms with Crippen molar-refractivity contribution in [1.82, 2.24) is 9.99 Å². The fourth-order valence-electron chi connectivity index (χ4n) is 3.76. The summed E-state index contributed by atoms with van der Waals surface area (Å²) in [5, 5.41) is 6.42. The van der Waals surface area contributed by atoms with Gasteiger partial charge in [0.05, 0.1) is 12.6 Å². The number of rotatable bonds is 5. The molecule has 4 aromatic rings. The number of carbonyl (C=O) groups excluding carboxylic acids is 1. The zero-order valence-electron chi connectivity index (χ0n) is 16.9. The summed E-state index contributed by atoms with van der Waals surface area (Å²) in [5.41, 5.74) is 7.88. The van der Waals surface area contributed by atoms with E-state index in [1.165, 1.54) is 0 Å². The largest absolute Gasteiger partial charge is 0.318 e. The van der Waals surface area contributed by atoms with Crippen LogP contribution in [0.5, 0.6) is 0 Å². The SMILES string of the molecule is Cc1cc(/C=N\NC(=O)Cc2cccc3ccccc23)c(C)n1-c1cccc(Br)c1. The van der Waals surface area contributed by atoms with Gasteiger partial charge in [0, 0.05) is 27.1 Å². The Morgan fingerprint density at radius 1 is 1.03 bits per heavy atom. The lowest BCUT2D eigenvalue weighted by atomic mass is 10.0. The van der Waals surface area contributed by atoms with Crippen LogP contribution in [0.15, 0.2) is 82.4 Å². The van der Waals surface area contributed by atoms with Gasteiger partial charge in [0.25, 0.3) is 0 Å². The van der Waals surface area contributed by atoms with Crippen molar-refractivity contribution < 1.29 is 4.79 Å². The van der Waals surface area contributed by atoms with E-state index >= 15 is 0 Å². The number of halogens is 1. The molecule has 0 aliphatic carbocycles. The molecule has 5 heteroatoms. The van der Waals surface area contributed by atoms with Crippen LogP contribution in [-0.4, -0.2) is 16.7 Å². The number of aromatic nitrogens is 1. The van der Waals surface area contributed by atoms with E-state index < -0.39 is 0 Å². The summed E-state index contributed by atoms with van der Waals surface area (Å²) in [4.78, 5) is 12.4. The molecule has 0 fully saturated rings. The van der Waals surface area contributed by atoms with Crippen molar-refractivity contribution in [3.05, 3.63) is 99.8 Å². The van der Waals surface area contributed by atoms with E-state index in [0.717, 1.165) is 43.4 Å². The summed E-state index contributed by atoms with van der Waals surface area (Å²) >= 11 is 3.53. The highest BCUT2D eigenvalue weighted by atomic mass is 79.9. The highest BCUT2D eigenvalue weighted by molar-refractivity contribution is 9.10. The van der Waals surface area contributed by atoms with Gasteiger partial charge in [-0.25, -0.2) is 5.43 Å². The molecule has 1 N–H and O–H groups in total. The van der Waals surface area contributed by atoms with Crippen LogP contribution < -0.4 is 5.43 Å². The number of hydrogen-bond acceptors (Lipinski definition) is 2. The van der Waals surface area contributed by atoms with E-state index in [9.17, 15) is 4.79 Å². The second-order valence-corrected chi connectivity index (χ2v) is 8.17. The average Bonchev–Trinajstić information content (AvgIpc) is 3.01. The van der Waals surface area contributed by atoms with Gasteiger partial charge in [0.15, 0.2) is 0 Å². The Morgan fingerprint density at radius 2 is 1.80 bits per heavy atom. The van der Waals surface area contributed by atoms with Crippen molar-refractivity contribution in [2.75, 3.05) is 0 Å². The first-order chi connectivity index (χ1) is 14.5. The predicted octanol–water partition coefficient (Wildman–Crippen LogP) is 5.70. The third-order valence-corrected chi connectivity index (χ3v) is 5.65. The summed E-state index contributed by atoms with van der Waals surface area (Å²) in [7, 11) is 0. The lowest BCUT2D eigenvalue weighted by Gasteiger charge is -2.09. The molecule has 1 aromatic heterocycles. The topological polar surface area (TPSA) is 46.4 Å². The molecule has 1 amide bonds. The minimum Gasteiger partial charge on any atom is -0.318 e. The van der Waals surface area contributed by atoms with Crippen LogP contribution in [0.3, 0.4) is 0 Å². The van der Waals surface area contributed by atoms with E-state index in [4.69, 9.17) is 0 Å². The van der Waals surface area contributed by atoms with Crippen molar-refractivity contribution in [3.63, 3.8) is 0 Å². The number of fused-ring (bicyclic) bond motifs is 1. The van der Waals surface area contributed by atoms with E-state index in [1.54, 1.807) is 6.21 Å². The minimum absolute atomic E-state index is 0.136. The van der Waals surface area contributed by atoms with Crippen LogP contribution in [-0.2, 0) is 11.2 Å². The highest BCUT2D eigenvalue weighted by Gasteiger charge is 2.10. The van der Waals surface area contributed by atoms with Gasteiger partial charge in [0.1, 0.15) is 0 Å². The van der Waals surface area contributed by atoms with E-state index in [2.05, 4.69) is 68.3 Å². The number of nitrogens with one attached hydrogen (secondary N) is 1. The van der Waals surface area contributed by atoms with Crippen LogP contribution >= 0.6 is 15.9 Å². The Bertz CT molecular complexity index is 1250. The van der Waals surface area contributed by atoms with Crippen LogP contribution in [0.4, 0.5) is 0 Å². The third kappa shape index (κ3) is 4.21. The molecule has 0 aliphatic heterocycles. The number of nitrogens with zero attached hydrogens (tertiary/aromatic N) is 2. The van der Waals surface area contributed by atoms with Crippen molar-refractivity contribution >= 4 is 38.8 Å². The summed E-state index contributed by atoms with van der Waals surface area (Å²) in [6.45, 7) is 4.11. The molecule has 0 unspecified atom stereocenters. The molecule has 0 aliphatic rings. The first kappa shape index (κ1) is 20.1. The first-order valence-electron chi connectivity index (χ1n) is 9.76. The smallest absolute Gasteiger partial charge is 0.244 e. The molecule has 1 heterocycles. The molecule has 150 valence electrons. The molecular weight excluding hydrogens is 438 g/mol. The predicted molar refractivity (Wildman–Crippen MR) is 126 cm³/mol. The van der Waals surface area contributed by atoms with Crippen molar-refractivity contribution in [2.24, 2.45) is 5.10 Å². The van der Waals surface area contributed by atoms with Crippen LogP contribution in [0.2, 0.25) is 0 Å². The molecule has 4 nitrogen and oxygen atoms in total. The molecule has 0 spiro atoms. The van der Waals surface area contributed by atoms with Gasteiger partial charge in [-0.15, -0.1) is 0 Å². The minimum atomic E-state index is -0.136. The van der Waals surface area contributed by atoms with Gasteiger partial charge in [-0.1, -0.05) is 64.5 Å². The van der Waals surface area contributed by atoms with Crippen LogP contribution in [0.1, 0.15) is 22.5 Å². The number of hydrazone groups is 1. The van der Waals surface area contributed by atoms with Gasteiger partial charge >= 0.3 is 0 Å². The number of amides is 1. The third-order valence-electron chi connectivity index (χ3n) is 5.16. The van der Waals surface area contributed by atoms with E-state index in [1.807, 2.05) is 49.4 Å². The van der Waals surface area contributed by atoms with Gasteiger partial charge < -0.3 is 4.57 Å². The van der Waals surface area contributed by atoms with Crippen molar-refractivity contribution in [2.45, 2.75) is 20.3 Å². The molecule has 30 heavy (non-hydrogen) atoms. The van der Waals surface area contributed by atoms with E-state index in [0.29, 0.717) is 0 Å². The second-order valence-electron chi connectivity index (χ2n) is 7.25. The second kappa shape index (κ2) is 8.67. The van der Waals surface area contributed by atoms with Crippen molar-refractivity contribution in [1.29, 1.82) is 0 Å². The molecule has 0 saturated carbocycles. The molecule has 0 bridgehead atoms. The highest BCUT2D eigenvalue weighted by Crippen LogP contribution is 2.22. The normalized spacial score (nSPS) is 11.3. The summed E-state index contributed by atoms with van der Waals surface area (Å²) in [6, 6.07) is 24.3. The van der Waals surface area contributed by atoms with Crippen molar-refractivity contribution in [3.8, 4) is 5.69 Å². The first-order valence-corrected chi connectivity index (χ1v) is 10.6. The molecule has 0 saturated heterocycles. The maximum Gasteiger partial charge on any atom is 0.244 e. The molecule has 4 rings (SSSR count). The fraction of sp³-hybridized carbons (Fsp3) is 0.120. The Hall–Kier alpha value is -3.18. The number of hydrogen-bond donors (Lipinski definition) is 1. The van der Waals surface area contributed by atoms with Gasteiger partial charge in [0.2, 0.25) is 5.91 Å². The number of carbonyl (C=O) groups is 1. The number of aryl methyl sites for hydroxylation is 1. The Balaban J connectivity index is 1.48. The standard InChI is InChI=1S/C25H22BrN3O/c1-17-13-21(18(2)29(17)23-11-6-10-22(26)15-23)16-27-28-25(30)14-20-9-5-8-19-7-3-4-12-24(19)20/h3-13,15-16H,14H2,1-2H3,(H,28,30)/b27-16-. The summed E-state index contributed by atoms with van der Waals surface area (Å²) in [6.07, 6.45) is 1.99. The van der Waals surface area contributed by atoms with E-state index in [-0.39, 0.29) is 12.3 Å². The zero-order chi connectivity index (χ0) is 21.1. The maximum atomic E-state index is 12.4. The lowest BCUT2D eigenvalue weighted by Crippen LogP contribution is -2.19. The fourth-order valence-corrected chi connectivity index (χ4v) is 4.15. The molecular formula is C25H22BrN3O. The van der Waals surface area contributed by atoms with Crippen LogP contribution in [0, 0.1) is 13.8 Å². The number of benzene rings is 3. The van der Waals surface area contributed by atoms with Gasteiger partial charge in [-0.3, -0.25) is 4.79 Å². The lowest BCUT2D eigenvalue weighted by molar-refractivity contribution is -0.120. The van der Waals surface area contributed by atoms with Gasteiger partial charge in [-0.05, 0) is 54.4 Å². The molecule has 0 atom stereocenters. The Labute approximate surface area is 184 Å². The summed E-state index contributed by atoms with van der Waals surface area (Å²) < 4.78 is 3.20. The Morgan fingerprint density at radius 3 is 2.63 bits per heavy atom. The van der Waals surface area contributed by atoms with Crippen LogP contribution in [0.25, 0.3) is 16.5 Å². The molecule has 0 radical (unpaired) electrons.